The van der Waals surface area contributed by atoms with Crippen LogP contribution in [0, 0.1) is 0 Å². The highest BCUT2D eigenvalue weighted by Gasteiger charge is 2.21. The molecule has 2 aromatic heterocycles. The molecule has 1 aliphatic rings. The number of anilines is 1. The Morgan fingerprint density at radius 2 is 1.86 bits per heavy atom. The molecule has 1 saturated carbocycles. The zero-order valence-corrected chi connectivity index (χ0v) is 15.6. The van der Waals surface area contributed by atoms with Crippen LogP contribution in [0.5, 0.6) is 0 Å². The number of carbonyl (C=O) groups excluding carboxylic acids is 1. The number of nitrogens with zero attached hydrogens (tertiary/aromatic N) is 2. The Balaban J connectivity index is 1.68. The Morgan fingerprint density at radius 1 is 1.11 bits per heavy atom. The Kier molecular flexibility index (Phi) is 5.12. The molecule has 0 saturated heterocycles. The predicted octanol–water partition coefficient (Wildman–Crippen LogP) is 3.35. The maximum atomic E-state index is 11.9. The lowest BCUT2D eigenvalue weighted by molar-refractivity contribution is 0.100. The van der Waals surface area contributed by atoms with Gasteiger partial charge in [-0.15, -0.1) is 0 Å². The molecule has 4 rings (SSSR count). The summed E-state index contributed by atoms with van der Waals surface area (Å²) in [5.74, 6) is -0.452. The highest BCUT2D eigenvalue weighted by atomic mass is 16.3. The fourth-order valence-corrected chi connectivity index (χ4v) is 3.82. The average molecular weight is 376 g/mol. The number of rotatable bonds is 5. The molecule has 0 spiro atoms. The van der Waals surface area contributed by atoms with Crippen LogP contribution in [-0.2, 0) is 0 Å². The number of aliphatic hydroxyl groups is 1. The van der Waals surface area contributed by atoms with Gasteiger partial charge in [-0.1, -0.05) is 0 Å². The van der Waals surface area contributed by atoms with Crippen LogP contribution in [0.1, 0.15) is 36.0 Å². The topological polar surface area (TPSA) is 93.2 Å². The molecule has 28 heavy (non-hydrogen) atoms. The Morgan fingerprint density at radius 3 is 2.57 bits per heavy atom. The van der Waals surface area contributed by atoms with Crippen molar-refractivity contribution in [3.63, 3.8) is 0 Å². The Bertz CT molecular complexity index is 960. The van der Waals surface area contributed by atoms with E-state index in [4.69, 9.17) is 5.73 Å². The van der Waals surface area contributed by atoms with Gasteiger partial charge >= 0.3 is 0 Å². The van der Waals surface area contributed by atoms with Crippen LogP contribution in [0.4, 0.5) is 5.69 Å². The quantitative estimate of drug-likeness (QED) is 0.637. The minimum Gasteiger partial charge on any atom is -0.393 e. The summed E-state index contributed by atoms with van der Waals surface area (Å²) >= 11 is 0. The highest BCUT2D eigenvalue weighted by Crippen LogP contribution is 2.29. The van der Waals surface area contributed by atoms with E-state index < -0.39 is 5.91 Å². The second-order valence-corrected chi connectivity index (χ2v) is 7.24. The lowest BCUT2D eigenvalue weighted by Gasteiger charge is -2.28. The third kappa shape index (κ3) is 3.77. The fourth-order valence-electron chi connectivity index (χ4n) is 3.82. The summed E-state index contributed by atoms with van der Waals surface area (Å²) in [7, 11) is 0. The van der Waals surface area contributed by atoms with Crippen molar-refractivity contribution in [3.05, 3.63) is 66.6 Å². The highest BCUT2D eigenvalue weighted by molar-refractivity contribution is 5.99. The van der Waals surface area contributed by atoms with Gasteiger partial charge in [0.25, 0.3) is 5.91 Å². The van der Waals surface area contributed by atoms with E-state index in [0.717, 1.165) is 48.3 Å². The average Bonchev–Trinajstić information content (AvgIpc) is 3.20. The molecule has 144 valence electrons. The van der Waals surface area contributed by atoms with E-state index in [1.54, 1.807) is 18.5 Å². The summed E-state index contributed by atoms with van der Waals surface area (Å²) in [6.45, 7) is 0. The summed E-state index contributed by atoms with van der Waals surface area (Å²) in [4.78, 5) is 16.0. The zero-order chi connectivity index (χ0) is 19.5. The van der Waals surface area contributed by atoms with Crippen molar-refractivity contribution in [2.45, 2.75) is 37.8 Å². The van der Waals surface area contributed by atoms with E-state index in [-0.39, 0.29) is 12.1 Å². The first-order valence-electron chi connectivity index (χ1n) is 9.58. The SMILES string of the molecule is NC(=O)c1ccc(-n2cccc2-c2ccncc2)cc1N[C@H]1CC[C@H](O)CC1. The van der Waals surface area contributed by atoms with Gasteiger partial charge < -0.3 is 20.7 Å². The number of aliphatic hydroxyl groups excluding tert-OH is 1. The molecule has 6 heteroatoms. The first-order valence-corrected chi connectivity index (χ1v) is 9.58. The summed E-state index contributed by atoms with van der Waals surface area (Å²) in [6, 6.07) is 13.8. The van der Waals surface area contributed by atoms with Crippen LogP contribution in [-0.4, -0.2) is 32.7 Å². The van der Waals surface area contributed by atoms with E-state index in [9.17, 15) is 9.90 Å². The molecule has 0 aliphatic heterocycles. The third-order valence-corrected chi connectivity index (χ3v) is 5.33. The van der Waals surface area contributed by atoms with Crippen LogP contribution < -0.4 is 11.1 Å². The summed E-state index contributed by atoms with van der Waals surface area (Å²) in [5.41, 5.74) is 9.87. The fraction of sp³-hybridized carbons (Fsp3) is 0.273. The van der Waals surface area contributed by atoms with Gasteiger partial charge in [0.05, 0.1) is 17.4 Å². The molecule has 0 atom stereocenters. The number of carbonyl (C=O) groups is 1. The van der Waals surface area contributed by atoms with Gasteiger partial charge in [-0.05, 0) is 68.1 Å². The zero-order valence-electron chi connectivity index (χ0n) is 15.6. The molecule has 0 bridgehead atoms. The van der Waals surface area contributed by atoms with Crippen LogP contribution in [0.15, 0.2) is 61.1 Å². The molecule has 4 N–H and O–H groups in total. The molecule has 1 aliphatic carbocycles. The molecular weight excluding hydrogens is 352 g/mol. The number of pyridine rings is 1. The molecule has 0 unspecified atom stereocenters. The number of nitrogens with one attached hydrogen (secondary N) is 1. The van der Waals surface area contributed by atoms with Gasteiger partial charge in [-0.25, -0.2) is 0 Å². The molecule has 0 radical (unpaired) electrons. The minimum absolute atomic E-state index is 0.220. The van der Waals surface area contributed by atoms with Crippen molar-refractivity contribution in [3.8, 4) is 16.9 Å². The molecule has 1 aromatic carbocycles. The molecule has 1 amide bonds. The summed E-state index contributed by atoms with van der Waals surface area (Å²) in [6.07, 6.45) is 8.60. The first kappa shape index (κ1) is 18.3. The Labute approximate surface area is 164 Å². The van der Waals surface area contributed by atoms with Gasteiger partial charge in [-0.2, -0.15) is 0 Å². The number of benzene rings is 1. The standard InChI is InChI=1S/C22H24N4O2/c23-22(28)19-8-5-17(14-20(19)25-16-3-6-18(27)7-4-16)26-13-1-2-21(26)15-9-11-24-12-10-15/h1-2,5,8-14,16,18,25,27H,3-4,6-7H2,(H2,23,28)/t16-,18-. The molecule has 1 fully saturated rings. The van der Waals surface area contributed by atoms with Gasteiger partial charge in [0, 0.05) is 41.6 Å². The van der Waals surface area contributed by atoms with Crippen molar-refractivity contribution in [1.29, 1.82) is 0 Å². The molecule has 2 heterocycles. The predicted molar refractivity (Wildman–Crippen MR) is 109 cm³/mol. The van der Waals surface area contributed by atoms with Crippen molar-refractivity contribution < 1.29 is 9.90 Å². The van der Waals surface area contributed by atoms with Crippen molar-refractivity contribution in [2.24, 2.45) is 5.73 Å². The van der Waals surface area contributed by atoms with Crippen LogP contribution >= 0.6 is 0 Å². The van der Waals surface area contributed by atoms with Gasteiger partial charge in [0.15, 0.2) is 0 Å². The van der Waals surface area contributed by atoms with Crippen LogP contribution in [0.3, 0.4) is 0 Å². The molecule has 6 nitrogen and oxygen atoms in total. The van der Waals surface area contributed by atoms with E-state index >= 15 is 0 Å². The number of amides is 1. The maximum Gasteiger partial charge on any atom is 0.250 e. The smallest absolute Gasteiger partial charge is 0.250 e. The van der Waals surface area contributed by atoms with E-state index in [1.165, 1.54) is 0 Å². The second-order valence-electron chi connectivity index (χ2n) is 7.24. The second kappa shape index (κ2) is 7.86. The van der Waals surface area contributed by atoms with E-state index in [1.807, 2.05) is 42.6 Å². The van der Waals surface area contributed by atoms with Gasteiger partial charge in [0.2, 0.25) is 0 Å². The normalized spacial score (nSPS) is 19.3. The third-order valence-electron chi connectivity index (χ3n) is 5.33. The minimum atomic E-state index is -0.452. The Hall–Kier alpha value is -3.12. The maximum absolute atomic E-state index is 11.9. The number of hydrogen-bond donors (Lipinski definition) is 3. The van der Waals surface area contributed by atoms with Crippen molar-refractivity contribution in [1.82, 2.24) is 9.55 Å². The van der Waals surface area contributed by atoms with Crippen molar-refractivity contribution >= 4 is 11.6 Å². The number of primary amides is 1. The first-order chi connectivity index (χ1) is 13.6. The summed E-state index contributed by atoms with van der Waals surface area (Å²) < 4.78 is 2.08. The van der Waals surface area contributed by atoms with E-state index in [0.29, 0.717) is 5.56 Å². The lowest BCUT2D eigenvalue weighted by Crippen LogP contribution is -2.29. The monoisotopic (exact) mass is 376 g/mol. The number of aromatic nitrogens is 2. The number of hydrogen-bond acceptors (Lipinski definition) is 4. The summed E-state index contributed by atoms with van der Waals surface area (Å²) in [5, 5.41) is 13.2. The van der Waals surface area contributed by atoms with Gasteiger partial charge in [-0.3, -0.25) is 9.78 Å². The molecule has 3 aromatic rings. The van der Waals surface area contributed by atoms with Gasteiger partial charge in [0.1, 0.15) is 0 Å². The van der Waals surface area contributed by atoms with E-state index in [2.05, 4.69) is 14.9 Å². The lowest BCUT2D eigenvalue weighted by atomic mass is 9.92. The van der Waals surface area contributed by atoms with Crippen LogP contribution in [0.25, 0.3) is 16.9 Å². The number of nitrogens with two attached hydrogens (primary N) is 1. The van der Waals surface area contributed by atoms with Crippen LogP contribution in [0.2, 0.25) is 0 Å². The van der Waals surface area contributed by atoms with Crippen molar-refractivity contribution in [2.75, 3.05) is 5.32 Å². The largest absolute Gasteiger partial charge is 0.393 e. The molecular formula is C22H24N4O2.